The second kappa shape index (κ2) is 6.19. The summed E-state index contributed by atoms with van der Waals surface area (Å²) in [6, 6.07) is 15.6. The van der Waals surface area contributed by atoms with Crippen LogP contribution in [0.1, 0.15) is 34.7 Å². The normalized spacial score (nSPS) is 14.2. The molecule has 2 aromatic carbocycles. The third-order valence-electron chi connectivity index (χ3n) is 4.18. The average molecular weight is 311 g/mol. The van der Waals surface area contributed by atoms with E-state index < -0.39 is 0 Å². The molecule has 3 heteroatoms. The first-order chi connectivity index (χ1) is 10.5. The van der Waals surface area contributed by atoms with Gasteiger partial charge >= 0.3 is 0 Å². The van der Waals surface area contributed by atoms with Crippen LogP contribution in [0.15, 0.2) is 42.5 Å². The second-order valence-corrected chi connectivity index (χ2v) is 7.32. The lowest BCUT2D eigenvalue weighted by molar-refractivity contribution is -0.923. The van der Waals surface area contributed by atoms with Gasteiger partial charge in [-0.25, -0.2) is 4.98 Å². The Labute approximate surface area is 136 Å². The number of rotatable bonds is 4. The summed E-state index contributed by atoms with van der Waals surface area (Å²) in [7, 11) is 2.26. The summed E-state index contributed by atoms with van der Waals surface area (Å²) in [6.07, 6.45) is 0. The molecule has 22 heavy (non-hydrogen) atoms. The molecule has 2 atom stereocenters. The highest BCUT2D eigenvalue weighted by molar-refractivity contribution is 7.18. The van der Waals surface area contributed by atoms with Gasteiger partial charge in [-0.05, 0) is 32.9 Å². The van der Waals surface area contributed by atoms with Crippen LogP contribution in [0.5, 0.6) is 0 Å². The minimum Gasteiger partial charge on any atom is -0.326 e. The maximum absolute atomic E-state index is 4.81. The summed E-state index contributed by atoms with van der Waals surface area (Å²) in [5.74, 6) is 0. The van der Waals surface area contributed by atoms with Crippen molar-refractivity contribution in [3.63, 3.8) is 0 Å². The average Bonchev–Trinajstić information content (AvgIpc) is 2.89. The van der Waals surface area contributed by atoms with Crippen LogP contribution in [0.4, 0.5) is 0 Å². The number of nitrogens with zero attached hydrogens (tertiary/aromatic N) is 1. The maximum Gasteiger partial charge on any atom is 0.151 e. The van der Waals surface area contributed by atoms with Gasteiger partial charge in [-0.15, -0.1) is 11.3 Å². The van der Waals surface area contributed by atoms with Gasteiger partial charge in [-0.1, -0.05) is 41.5 Å². The number of para-hydroxylation sites is 1. The van der Waals surface area contributed by atoms with Crippen molar-refractivity contribution in [3.05, 3.63) is 64.2 Å². The van der Waals surface area contributed by atoms with Crippen molar-refractivity contribution in [2.75, 3.05) is 7.05 Å². The van der Waals surface area contributed by atoms with Gasteiger partial charge < -0.3 is 4.90 Å². The van der Waals surface area contributed by atoms with E-state index in [0.717, 1.165) is 12.1 Å². The molecule has 3 aromatic rings. The van der Waals surface area contributed by atoms with Crippen LogP contribution >= 0.6 is 11.3 Å². The maximum atomic E-state index is 4.81. The molecule has 0 aliphatic rings. The molecule has 1 N–H and O–H groups in total. The minimum atomic E-state index is 0.401. The van der Waals surface area contributed by atoms with E-state index in [2.05, 4.69) is 70.3 Å². The van der Waals surface area contributed by atoms with Gasteiger partial charge in [-0.3, -0.25) is 0 Å². The SMILES string of the molecule is Cc1cc(C)cc(C[NH+](C)[C@@H](C)c2nc3ccccc3s2)c1. The standard InChI is InChI=1S/C19H22N2S/c1-13-9-14(2)11-16(10-13)12-21(4)15(3)19-20-17-7-5-6-8-18(17)22-19/h5-11,15H,12H2,1-4H3/p+1/t15-/m0/s1. The van der Waals surface area contributed by atoms with E-state index in [0.29, 0.717) is 6.04 Å². The topological polar surface area (TPSA) is 17.3 Å². The first-order valence-corrected chi connectivity index (χ1v) is 8.59. The van der Waals surface area contributed by atoms with Gasteiger partial charge in [0.05, 0.1) is 17.3 Å². The zero-order valence-electron chi connectivity index (χ0n) is 13.7. The fourth-order valence-corrected chi connectivity index (χ4v) is 4.04. The highest BCUT2D eigenvalue weighted by Gasteiger charge is 2.20. The van der Waals surface area contributed by atoms with Gasteiger partial charge in [0.2, 0.25) is 0 Å². The van der Waals surface area contributed by atoms with E-state index in [9.17, 15) is 0 Å². The molecule has 0 radical (unpaired) electrons. The van der Waals surface area contributed by atoms with Crippen LogP contribution in [0, 0.1) is 13.8 Å². The number of quaternary nitrogens is 1. The Hall–Kier alpha value is -1.71. The Morgan fingerprint density at radius 3 is 2.45 bits per heavy atom. The van der Waals surface area contributed by atoms with Gasteiger partial charge in [0.1, 0.15) is 12.6 Å². The number of aryl methyl sites for hydroxylation is 2. The van der Waals surface area contributed by atoms with E-state index in [1.54, 1.807) is 0 Å². The van der Waals surface area contributed by atoms with Crippen LogP contribution in [-0.4, -0.2) is 12.0 Å². The smallest absolute Gasteiger partial charge is 0.151 e. The second-order valence-electron chi connectivity index (χ2n) is 6.26. The number of nitrogens with one attached hydrogen (secondary N) is 1. The van der Waals surface area contributed by atoms with Crippen LogP contribution < -0.4 is 4.90 Å². The van der Waals surface area contributed by atoms with E-state index in [1.807, 2.05) is 11.3 Å². The molecule has 1 unspecified atom stereocenters. The molecule has 0 spiro atoms. The molecule has 114 valence electrons. The van der Waals surface area contributed by atoms with E-state index >= 15 is 0 Å². The summed E-state index contributed by atoms with van der Waals surface area (Å²) in [5.41, 5.74) is 5.21. The number of fused-ring (bicyclic) bond motifs is 1. The number of benzene rings is 2. The lowest BCUT2D eigenvalue weighted by Crippen LogP contribution is -3.07. The molecular formula is C19H23N2S+. The summed E-state index contributed by atoms with van der Waals surface area (Å²) in [6.45, 7) is 7.64. The molecule has 0 saturated heterocycles. The van der Waals surface area contributed by atoms with Gasteiger partial charge in [0.25, 0.3) is 0 Å². The summed E-state index contributed by atoms with van der Waals surface area (Å²) in [5, 5.41) is 1.23. The fourth-order valence-electron chi connectivity index (χ4n) is 2.93. The summed E-state index contributed by atoms with van der Waals surface area (Å²) < 4.78 is 1.28. The molecule has 3 rings (SSSR count). The van der Waals surface area contributed by atoms with Crippen molar-refractivity contribution in [2.45, 2.75) is 33.4 Å². The Morgan fingerprint density at radius 1 is 1.09 bits per heavy atom. The number of hydrogen-bond acceptors (Lipinski definition) is 2. The van der Waals surface area contributed by atoms with Crippen molar-refractivity contribution >= 4 is 21.6 Å². The van der Waals surface area contributed by atoms with Crippen molar-refractivity contribution < 1.29 is 4.90 Å². The molecule has 0 fully saturated rings. The van der Waals surface area contributed by atoms with Crippen LogP contribution in [0.2, 0.25) is 0 Å². The quantitative estimate of drug-likeness (QED) is 0.778. The van der Waals surface area contributed by atoms with Gasteiger partial charge in [0, 0.05) is 5.56 Å². The molecule has 1 heterocycles. The highest BCUT2D eigenvalue weighted by atomic mass is 32.1. The molecule has 1 aromatic heterocycles. The molecule has 0 bridgehead atoms. The predicted molar refractivity (Wildman–Crippen MR) is 94.5 cm³/mol. The van der Waals surface area contributed by atoms with Crippen LogP contribution in [0.3, 0.4) is 0 Å². The Balaban J connectivity index is 1.80. The summed E-state index contributed by atoms with van der Waals surface area (Å²) in [4.78, 5) is 6.28. The highest BCUT2D eigenvalue weighted by Crippen LogP contribution is 2.24. The molecule has 0 saturated carbocycles. The first kappa shape index (κ1) is 15.2. The zero-order chi connectivity index (χ0) is 15.7. The van der Waals surface area contributed by atoms with Crippen LogP contribution in [0.25, 0.3) is 10.2 Å². The van der Waals surface area contributed by atoms with Gasteiger partial charge in [0.15, 0.2) is 5.01 Å². The zero-order valence-corrected chi connectivity index (χ0v) is 14.5. The van der Waals surface area contributed by atoms with Crippen LogP contribution in [-0.2, 0) is 6.54 Å². The van der Waals surface area contributed by atoms with Crippen molar-refractivity contribution in [3.8, 4) is 0 Å². The molecule has 0 amide bonds. The molecule has 2 nitrogen and oxygen atoms in total. The first-order valence-electron chi connectivity index (χ1n) is 7.78. The Bertz CT molecular complexity index is 738. The molecule has 0 aliphatic carbocycles. The Kier molecular flexibility index (Phi) is 4.27. The fraction of sp³-hybridized carbons (Fsp3) is 0.316. The minimum absolute atomic E-state index is 0.401. The monoisotopic (exact) mass is 311 g/mol. The molecule has 0 aliphatic heterocycles. The third-order valence-corrected chi connectivity index (χ3v) is 5.40. The number of aromatic nitrogens is 1. The number of hydrogen-bond donors (Lipinski definition) is 1. The third kappa shape index (κ3) is 3.21. The molecular weight excluding hydrogens is 288 g/mol. The van der Waals surface area contributed by atoms with Crippen molar-refractivity contribution in [1.29, 1.82) is 0 Å². The lowest BCUT2D eigenvalue weighted by atomic mass is 10.1. The largest absolute Gasteiger partial charge is 0.326 e. The van der Waals surface area contributed by atoms with Crippen molar-refractivity contribution in [2.24, 2.45) is 0 Å². The van der Waals surface area contributed by atoms with E-state index in [-0.39, 0.29) is 0 Å². The summed E-state index contributed by atoms with van der Waals surface area (Å²) >= 11 is 1.82. The lowest BCUT2D eigenvalue weighted by Gasteiger charge is -2.20. The van der Waals surface area contributed by atoms with Crippen molar-refractivity contribution in [1.82, 2.24) is 4.98 Å². The van der Waals surface area contributed by atoms with E-state index in [4.69, 9.17) is 4.98 Å². The Morgan fingerprint density at radius 2 is 1.77 bits per heavy atom. The van der Waals surface area contributed by atoms with Gasteiger partial charge in [-0.2, -0.15) is 0 Å². The number of thiazole rings is 1. The van der Waals surface area contributed by atoms with E-state index in [1.165, 1.54) is 31.3 Å². The predicted octanol–water partition coefficient (Wildman–Crippen LogP) is 3.69.